The van der Waals surface area contributed by atoms with E-state index in [-0.39, 0.29) is 17.9 Å². The number of non-ortho nitro benzene ring substituents is 1. The van der Waals surface area contributed by atoms with Crippen LogP contribution in [0.25, 0.3) is 0 Å². The van der Waals surface area contributed by atoms with Gasteiger partial charge in [-0.25, -0.2) is 0 Å². The van der Waals surface area contributed by atoms with Crippen LogP contribution in [0.15, 0.2) is 53.8 Å². The fourth-order valence-corrected chi connectivity index (χ4v) is 1.54. The van der Waals surface area contributed by atoms with Crippen molar-refractivity contribution >= 4 is 23.4 Å². The summed E-state index contributed by atoms with van der Waals surface area (Å²) in [6.07, 6.45) is 4.74. The van der Waals surface area contributed by atoms with Crippen molar-refractivity contribution in [1.29, 1.82) is 0 Å². The van der Waals surface area contributed by atoms with E-state index in [0.717, 1.165) is 0 Å². The lowest BCUT2D eigenvalue weighted by Crippen LogP contribution is -1.99. The molecule has 0 radical (unpaired) electrons. The highest BCUT2D eigenvalue weighted by Crippen LogP contribution is 2.17. The maximum atomic E-state index is 11.8. The van der Waals surface area contributed by atoms with E-state index in [1.165, 1.54) is 36.7 Å². The summed E-state index contributed by atoms with van der Waals surface area (Å²) in [5.74, 6) is -0.0799. The predicted octanol–water partition coefficient (Wildman–Crippen LogP) is 2.97. The number of carbonyl (C=O) groups excluding carboxylic acids is 1. The largest absolute Gasteiger partial charge is 0.294 e. The summed E-state index contributed by atoms with van der Waals surface area (Å²) >= 11 is 0. The highest BCUT2D eigenvalue weighted by molar-refractivity contribution is 6.03. The van der Waals surface area contributed by atoms with Gasteiger partial charge in [-0.05, 0) is 24.3 Å². The lowest BCUT2D eigenvalue weighted by Gasteiger charge is -1.96. The summed E-state index contributed by atoms with van der Waals surface area (Å²) in [7, 11) is 0. The molecule has 0 aliphatic rings. The second-order valence-electron chi connectivity index (χ2n) is 3.95. The molecule has 0 unspecified atom stereocenters. The Morgan fingerprint density at radius 1 is 1.30 bits per heavy atom. The summed E-state index contributed by atoms with van der Waals surface area (Å²) in [4.78, 5) is 29.7. The first-order valence-electron chi connectivity index (χ1n) is 5.87. The Labute approximate surface area is 115 Å². The van der Waals surface area contributed by atoms with Crippen LogP contribution in [-0.2, 0) is 0 Å². The number of rotatable bonds is 5. The maximum absolute atomic E-state index is 11.8. The fourth-order valence-electron chi connectivity index (χ4n) is 1.54. The van der Waals surface area contributed by atoms with Crippen molar-refractivity contribution in [3.8, 4) is 0 Å². The highest BCUT2D eigenvalue weighted by atomic mass is 16.6. The monoisotopic (exact) mass is 269 g/mol. The first-order chi connectivity index (χ1) is 9.66. The molecule has 100 valence electrons. The molecular formula is C14H11N3O3. The number of ketones is 1. The van der Waals surface area contributed by atoms with Crippen LogP contribution in [-0.4, -0.2) is 21.9 Å². The van der Waals surface area contributed by atoms with Gasteiger partial charge in [-0.2, -0.15) is 0 Å². The van der Waals surface area contributed by atoms with Crippen LogP contribution in [0, 0.1) is 10.1 Å². The lowest BCUT2D eigenvalue weighted by atomic mass is 10.1. The molecule has 1 aromatic carbocycles. The summed E-state index contributed by atoms with van der Waals surface area (Å²) in [5, 5.41) is 10.5. The van der Waals surface area contributed by atoms with Crippen molar-refractivity contribution in [3.63, 3.8) is 0 Å². The number of carbonyl (C=O) groups is 1. The molecule has 2 rings (SSSR count). The number of nitro benzene ring substituents is 1. The van der Waals surface area contributed by atoms with Crippen LogP contribution in [0.4, 0.5) is 11.4 Å². The van der Waals surface area contributed by atoms with Gasteiger partial charge in [0.15, 0.2) is 5.78 Å². The molecule has 6 nitrogen and oxygen atoms in total. The first kappa shape index (κ1) is 13.5. The van der Waals surface area contributed by atoms with Gasteiger partial charge in [-0.1, -0.05) is 0 Å². The Morgan fingerprint density at radius 2 is 2.05 bits per heavy atom. The van der Waals surface area contributed by atoms with Crippen LogP contribution < -0.4 is 0 Å². The number of pyridine rings is 1. The Morgan fingerprint density at radius 3 is 2.65 bits per heavy atom. The van der Waals surface area contributed by atoms with Gasteiger partial charge in [0, 0.05) is 42.7 Å². The van der Waals surface area contributed by atoms with E-state index >= 15 is 0 Å². The Hall–Kier alpha value is -2.89. The van der Waals surface area contributed by atoms with Crippen molar-refractivity contribution in [2.45, 2.75) is 6.42 Å². The van der Waals surface area contributed by atoms with Gasteiger partial charge in [-0.3, -0.25) is 24.9 Å². The van der Waals surface area contributed by atoms with Gasteiger partial charge >= 0.3 is 0 Å². The van der Waals surface area contributed by atoms with E-state index in [9.17, 15) is 14.9 Å². The first-order valence-corrected chi connectivity index (χ1v) is 5.87. The SMILES string of the molecule is O=C(CC=Nc1ccc([N+](=O)[O-])cc1)c1cccnc1. The molecule has 0 aliphatic carbocycles. The molecule has 0 saturated carbocycles. The number of nitrogens with zero attached hydrogens (tertiary/aromatic N) is 3. The molecule has 20 heavy (non-hydrogen) atoms. The maximum Gasteiger partial charge on any atom is 0.269 e. The van der Waals surface area contributed by atoms with Gasteiger partial charge in [0.2, 0.25) is 0 Å². The minimum absolute atomic E-state index is 0.00962. The van der Waals surface area contributed by atoms with E-state index in [1.54, 1.807) is 18.3 Å². The van der Waals surface area contributed by atoms with Gasteiger partial charge in [0.05, 0.1) is 10.6 Å². The fraction of sp³-hybridized carbons (Fsp3) is 0.0714. The van der Waals surface area contributed by atoms with Crippen molar-refractivity contribution in [2.75, 3.05) is 0 Å². The van der Waals surface area contributed by atoms with Gasteiger partial charge in [-0.15, -0.1) is 0 Å². The van der Waals surface area contributed by atoms with Gasteiger partial charge < -0.3 is 0 Å². The molecule has 0 atom stereocenters. The van der Waals surface area contributed by atoms with E-state index in [0.29, 0.717) is 11.3 Å². The normalized spacial score (nSPS) is 10.6. The molecule has 0 aliphatic heterocycles. The van der Waals surface area contributed by atoms with E-state index < -0.39 is 4.92 Å². The molecule has 0 fully saturated rings. The molecule has 1 heterocycles. The van der Waals surface area contributed by atoms with Crippen LogP contribution >= 0.6 is 0 Å². The van der Waals surface area contributed by atoms with Crippen LogP contribution in [0.5, 0.6) is 0 Å². The second kappa shape index (κ2) is 6.33. The van der Waals surface area contributed by atoms with Crippen molar-refractivity contribution in [2.24, 2.45) is 4.99 Å². The standard InChI is InChI=1S/C14H11N3O3/c18-14(11-2-1-8-15-10-11)7-9-16-12-3-5-13(6-4-12)17(19)20/h1-6,8-10H,7H2. The van der Waals surface area contributed by atoms with Crippen molar-refractivity contribution < 1.29 is 9.72 Å². The molecule has 2 aromatic rings. The third-order valence-electron chi connectivity index (χ3n) is 2.56. The number of hydrogen-bond donors (Lipinski definition) is 0. The number of benzene rings is 1. The predicted molar refractivity (Wildman–Crippen MR) is 74.4 cm³/mol. The van der Waals surface area contributed by atoms with E-state index in [1.807, 2.05) is 0 Å². The Balaban J connectivity index is 1.96. The third-order valence-corrected chi connectivity index (χ3v) is 2.56. The number of nitro groups is 1. The average molecular weight is 269 g/mol. The van der Waals surface area contributed by atoms with Crippen LogP contribution in [0.2, 0.25) is 0 Å². The number of aliphatic imine (C=N–C) groups is 1. The van der Waals surface area contributed by atoms with Crippen LogP contribution in [0.3, 0.4) is 0 Å². The summed E-state index contributed by atoms with van der Waals surface area (Å²) in [5.41, 5.74) is 1.10. The number of hydrogen-bond acceptors (Lipinski definition) is 5. The molecule has 0 spiro atoms. The minimum atomic E-state index is -0.473. The molecule has 0 amide bonds. The Bertz CT molecular complexity index is 636. The van der Waals surface area contributed by atoms with E-state index in [4.69, 9.17) is 0 Å². The summed E-state index contributed by atoms with van der Waals surface area (Å²) in [6, 6.07) is 9.19. The minimum Gasteiger partial charge on any atom is -0.294 e. The topological polar surface area (TPSA) is 85.5 Å². The van der Waals surface area contributed by atoms with E-state index in [2.05, 4.69) is 9.98 Å². The third kappa shape index (κ3) is 3.55. The smallest absolute Gasteiger partial charge is 0.269 e. The number of Topliss-reactive ketones (excluding diaryl/α,β-unsaturated/α-hetero) is 1. The van der Waals surface area contributed by atoms with Crippen molar-refractivity contribution in [3.05, 3.63) is 64.5 Å². The van der Waals surface area contributed by atoms with Gasteiger partial charge in [0.1, 0.15) is 0 Å². The Kier molecular flexibility index (Phi) is 4.28. The second-order valence-corrected chi connectivity index (χ2v) is 3.95. The van der Waals surface area contributed by atoms with Crippen LogP contribution in [0.1, 0.15) is 16.8 Å². The zero-order chi connectivity index (χ0) is 14.4. The van der Waals surface area contributed by atoms with Crippen molar-refractivity contribution in [1.82, 2.24) is 4.98 Å². The zero-order valence-electron chi connectivity index (χ0n) is 10.5. The molecule has 0 bridgehead atoms. The van der Waals surface area contributed by atoms with Gasteiger partial charge in [0.25, 0.3) is 5.69 Å². The molecule has 1 aromatic heterocycles. The zero-order valence-corrected chi connectivity index (χ0v) is 10.5. The number of aromatic nitrogens is 1. The molecular weight excluding hydrogens is 258 g/mol. The summed E-state index contributed by atoms with van der Waals surface area (Å²) in [6.45, 7) is 0. The highest BCUT2D eigenvalue weighted by Gasteiger charge is 2.04. The lowest BCUT2D eigenvalue weighted by molar-refractivity contribution is -0.384. The average Bonchev–Trinajstić information content (AvgIpc) is 2.48. The quantitative estimate of drug-likeness (QED) is 0.361. The molecule has 0 saturated heterocycles. The molecule has 6 heteroatoms. The summed E-state index contributed by atoms with van der Waals surface area (Å²) < 4.78 is 0. The molecule has 0 N–H and O–H groups in total.